The molecule has 152 valence electrons. The quantitative estimate of drug-likeness (QED) is 0.643. The second kappa shape index (κ2) is 7.60. The number of ether oxygens (including phenoxy) is 1. The topological polar surface area (TPSA) is 105 Å². The van der Waals surface area contributed by atoms with E-state index in [4.69, 9.17) is 9.15 Å². The zero-order valence-corrected chi connectivity index (χ0v) is 17.2. The normalized spacial score (nSPS) is 15.0. The van der Waals surface area contributed by atoms with Crippen molar-refractivity contribution in [3.63, 3.8) is 0 Å². The summed E-state index contributed by atoms with van der Waals surface area (Å²) in [6.07, 6.45) is 1.75. The van der Waals surface area contributed by atoms with Gasteiger partial charge in [0, 0.05) is 11.4 Å². The van der Waals surface area contributed by atoms with Crippen LogP contribution >= 0.6 is 11.3 Å². The van der Waals surface area contributed by atoms with E-state index in [0.717, 1.165) is 22.6 Å². The van der Waals surface area contributed by atoms with Gasteiger partial charge in [0.1, 0.15) is 22.8 Å². The van der Waals surface area contributed by atoms with Crippen molar-refractivity contribution in [1.82, 2.24) is 4.98 Å². The standard InChI is InChI=1S/C21H17N3O5S/c1-11-8-17(25)18(20(27)29-11)16-10-30-21(22-16)24-19(26)15(12(2)23-24)9-13-4-6-14(28-3)7-5-13/h4-10,25H,1-3H3/b15-9-. The number of thiazole rings is 1. The monoisotopic (exact) mass is 423 g/mol. The van der Waals surface area contributed by atoms with Crippen LogP contribution in [0.1, 0.15) is 18.2 Å². The Morgan fingerprint density at radius 2 is 1.93 bits per heavy atom. The number of hydrogen-bond donors (Lipinski definition) is 1. The van der Waals surface area contributed by atoms with Crippen molar-refractivity contribution in [2.75, 3.05) is 12.1 Å². The van der Waals surface area contributed by atoms with E-state index in [1.807, 2.05) is 24.3 Å². The largest absolute Gasteiger partial charge is 0.507 e. The number of carbonyl (C=O) groups is 1. The molecule has 0 unspecified atom stereocenters. The van der Waals surface area contributed by atoms with Gasteiger partial charge in [-0.1, -0.05) is 12.1 Å². The van der Waals surface area contributed by atoms with Crippen LogP contribution in [0, 0.1) is 6.92 Å². The van der Waals surface area contributed by atoms with Crippen molar-refractivity contribution < 1.29 is 19.1 Å². The fraction of sp³-hybridized carbons (Fsp3) is 0.143. The minimum atomic E-state index is -0.697. The molecule has 0 saturated carbocycles. The number of rotatable bonds is 4. The highest BCUT2D eigenvalue weighted by Crippen LogP contribution is 2.33. The second-order valence-corrected chi connectivity index (χ2v) is 7.39. The number of hydrazone groups is 1. The van der Waals surface area contributed by atoms with Crippen molar-refractivity contribution >= 4 is 34.2 Å². The van der Waals surface area contributed by atoms with Crippen LogP contribution in [0.15, 0.2) is 55.6 Å². The molecule has 1 N–H and O–H groups in total. The van der Waals surface area contributed by atoms with Crippen molar-refractivity contribution in [3.05, 3.63) is 63.0 Å². The summed E-state index contributed by atoms with van der Waals surface area (Å²) in [6, 6.07) is 8.65. The van der Waals surface area contributed by atoms with Crippen molar-refractivity contribution in [1.29, 1.82) is 0 Å². The first-order valence-electron chi connectivity index (χ1n) is 8.93. The number of nitrogens with zero attached hydrogens (tertiary/aromatic N) is 3. The number of carbonyl (C=O) groups excluding carboxylic acids is 1. The maximum absolute atomic E-state index is 12.9. The fourth-order valence-corrected chi connectivity index (χ4v) is 3.75. The third kappa shape index (κ3) is 3.50. The molecule has 8 nitrogen and oxygen atoms in total. The molecule has 3 heterocycles. The highest BCUT2D eigenvalue weighted by Gasteiger charge is 2.31. The Bertz CT molecular complexity index is 1250. The van der Waals surface area contributed by atoms with Crippen LogP contribution in [0.3, 0.4) is 0 Å². The van der Waals surface area contributed by atoms with Gasteiger partial charge in [0.05, 0.1) is 24.1 Å². The molecule has 0 spiro atoms. The molecule has 0 atom stereocenters. The summed E-state index contributed by atoms with van der Waals surface area (Å²) >= 11 is 1.13. The number of anilines is 1. The number of benzene rings is 1. The lowest BCUT2D eigenvalue weighted by atomic mass is 10.1. The Balaban J connectivity index is 1.64. The van der Waals surface area contributed by atoms with Gasteiger partial charge in [-0.15, -0.1) is 11.3 Å². The number of aromatic nitrogens is 1. The summed E-state index contributed by atoms with van der Waals surface area (Å²) < 4.78 is 10.2. The van der Waals surface area contributed by atoms with Gasteiger partial charge in [-0.05, 0) is 37.6 Å². The van der Waals surface area contributed by atoms with Gasteiger partial charge in [-0.3, -0.25) is 4.79 Å². The summed E-state index contributed by atoms with van der Waals surface area (Å²) in [4.78, 5) is 29.4. The third-order valence-electron chi connectivity index (χ3n) is 4.47. The number of methoxy groups -OCH3 is 1. The molecule has 4 rings (SSSR count). The van der Waals surface area contributed by atoms with E-state index in [2.05, 4.69) is 10.1 Å². The van der Waals surface area contributed by atoms with Gasteiger partial charge in [0.15, 0.2) is 0 Å². The first kappa shape index (κ1) is 19.6. The minimum Gasteiger partial charge on any atom is -0.507 e. The van der Waals surface area contributed by atoms with Crippen LogP contribution in [-0.2, 0) is 4.79 Å². The van der Waals surface area contributed by atoms with Crippen LogP contribution in [0.2, 0.25) is 0 Å². The average molecular weight is 423 g/mol. The van der Waals surface area contributed by atoms with E-state index in [0.29, 0.717) is 17.0 Å². The van der Waals surface area contributed by atoms with Gasteiger partial charge >= 0.3 is 5.63 Å². The summed E-state index contributed by atoms with van der Waals surface area (Å²) in [5.41, 5.74) is 1.29. The van der Waals surface area contributed by atoms with Crippen molar-refractivity contribution in [3.8, 4) is 22.8 Å². The predicted molar refractivity (Wildman–Crippen MR) is 114 cm³/mol. The molecule has 1 aliphatic rings. The summed E-state index contributed by atoms with van der Waals surface area (Å²) in [5.74, 6) is 0.457. The van der Waals surface area contributed by atoms with Crippen LogP contribution in [0.25, 0.3) is 17.3 Å². The molecule has 0 bridgehead atoms. The van der Waals surface area contributed by atoms with Crippen molar-refractivity contribution in [2.24, 2.45) is 5.10 Å². The molecule has 2 aromatic heterocycles. The zero-order chi connectivity index (χ0) is 21.4. The van der Waals surface area contributed by atoms with E-state index in [9.17, 15) is 14.7 Å². The van der Waals surface area contributed by atoms with E-state index in [1.54, 1.807) is 32.4 Å². The van der Waals surface area contributed by atoms with Crippen LogP contribution in [-0.4, -0.2) is 28.8 Å². The van der Waals surface area contributed by atoms with Gasteiger partial charge in [0.25, 0.3) is 5.91 Å². The molecule has 0 aliphatic carbocycles. The molecular weight excluding hydrogens is 406 g/mol. The molecule has 0 saturated heterocycles. The Morgan fingerprint density at radius 1 is 1.20 bits per heavy atom. The van der Waals surface area contributed by atoms with Crippen LogP contribution in [0.4, 0.5) is 5.13 Å². The number of hydrogen-bond acceptors (Lipinski definition) is 8. The van der Waals surface area contributed by atoms with E-state index < -0.39 is 5.63 Å². The molecule has 9 heteroatoms. The highest BCUT2D eigenvalue weighted by atomic mass is 32.1. The zero-order valence-electron chi connectivity index (χ0n) is 16.4. The number of aromatic hydroxyl groups is 1. The third-order valence-corrected chi connectivity index (χ3v) is 5.29. The Morgan fingerprint density at radius 3 is 2.60 bits per heavy atom. The lowest BCUT2D eigenvalue weighted by molar-refractivity contribution is -0.114. The Hall–Kier alpha value is -3.72. The van der Waals surface area contributed by atoms with Crippen LogP contribution in [0.5, 0.6) is 11.5 Å². The number of amides is 1. The van der Waals surface area contributed by atoms with Gasteiger partial charge in [0.2, 0.25) is 5.13 Å². The molecule has 30 heavy (non-hydrogen) atoms. The van der Waals surface area contributed by atoms with Gasteiger partial charge < -0.3 is 14.3 Å². The molecule has 3 aromatic rings. The first-order valence-corrected chi connectivity index (χ1v) is 9.80. The van der Waals surface area contributed by atoms with Crippen LogP contribution < -0.4 is 15.4 Å². The predicted octanol–water partition coefficient (Wildman–Crippen LogP) is 3.59. The summed E-state index contributed by atoms with van der Waals surface area (Å²) in [5, 5.41) is 17.5. The molecule has 1 aliphatic heterocycles. The molecular formula is C21H17N3O5S. The summed E-state index contributed by atoms with van der Waals surface area (Å²) in [6.45, 7) is 3.30. The lowest BCUT2D eigenvalue weighted by Gasteiger charge is -2.07. The van der Waals surface area contributed by atoms with Gasteiger partial charge in [-0.2, -0.15) is 10.1 Å². The minimum absolute atomic E-state index is 0.0514. The molecule has 0 radical (unpaired) electrons. The smallest absolute Gasteiger partial charge is 0.349 e. The van der Waals surface area contributed by atoms with E-state index >= 15 is 0 Å². The summed E-state index contributed by atoms with van der Waals surface area (Å²) in [7, 11) is 1.59. The number of aryl methyl sites for hydroxylation is 1. The first-order chi connectivity index (χ1) is 14.4. The molecule has 0 fully saturated rings. The lowest BCUT2D eigenvalue weighted by Crippen LogP contribution is -2.21. The second-order valence-electron chi connectivity index (χ2n) is 6.55. The molecule has 1 aromatic carbocycles. The van der Waals surface area contributed by atoms with Crippen molar-refractivity contribution in [2.45, 2.75) is 13.8 Å². The highest BCUT2D eigenvalue weighted by molar-refractivity contribution is 7.14. The maximum atomic E-state index is 12.9. The average Bonchev–Trinajstić information content (AvgIpc) is 3.28. The van der Waals surface area contributed by atoms with E-state index in [-0.39, 0.29) is 28.0 Å². The maximum Gasteiger partial charge on any atom is 0.349 e. The Kier molecular flexibility index (Phi) is 4.96. The Labute approximate surface area is 175 Å². The van der Waals surface area contributed by atoms with E-state index in [1.165, 1.54) is 11.1 Å². The van der Waals surface area contributed by atoms with Gasteiger partial charge in [-0.25, -0.2) is 9.78 Å². The SMILES string of the molecule is COc1ccc(/C=C2\C(=O)N(c3nc(-c4c(O)cc(C)oc4=O)cs3)N=C2C)cc1. The molecule has 1 amide bonds. The fourth-order valence-electron chi connectivity index (χ4n) is 2.99.